The predicted octanol–water partition coefficient (Wildman–Crippen LogP) is 1.16. The molecule has 5 heteroatoms. The van der Waals surface area contributed by atoms with Crippen LogP contribution in [0.3, 0.4) is 0 Å². The first-order valence-electron chi connectivity index (χ1n) is 7.38. The van der Waals surface area contributed by atoms with Crippen LogP contribution < -0.4 is 4.74 Å². The summed E-state index contributed by atoms with van der Waals surface area (Å²) >= 11 is 0. The molecule has 0 bridgehead atoms. The van der Waals surface area contributed by atoms with Gasteiger partial charge in [0.05, 0.1) is 13.2 Å². The molecular formula is C16H24N2O3. The molecule has 0 atom stereocenters. The minimum atomic E-state index is 0.00441. The molecule has 1 aromatic carbocycles. The zero-order valence-electron chi connectivity index (χ0n) is 12.9. The van der Waals surface area contributed by atoms with E-state index in [1.54, 1.807) is 4.90 Å². The molecule has 0 aliphatic carbocycles. The van der Waals surface area contributed by atoms with Crippen LogP contribution in [0, 0.1) is 6.92 Å². The van der Waals surface area contributed by atoms with Crippen molar-refractivity contribution in [2.45, 2.75) is 6.92 Å². The molecule has 0 saturated carbocycles. The van der Waals surface area contributed by atoms with E-state index in [9.17, 15) is 4.79 Å². The van der Waals surface area contributed by atoms with Crippen LogP contribution >= 0.6 is 0 Å². The number of nitrogens with zero attached hydrogens (tertiary/aromatic N) is 2. The van der Waals surface area contributed by atoms with E-state index in [1.807, 2.05) is 38.2 Å². The molecule has 1 fully saturated rings. The number of benzene rings is 1. The standard InChI is InChI=1S/C16H24N2O3/c1-14-4-3-5-15(12-14)21-13-16(19)17(2)6-7-18-8-10-20-11-9-18/h3-5,12H,6-11,13H2,1-2H3. The molecule has 1 amide bonds. The third kappa shape index (κ3) is 5.36. The second kappa shape index (κ2) is 8.00. The summed E-state index contributed by atoms with van der Waals surface area (Å²) in [4.78, 5) is 16.1. The summed E-state index contributed by atoms with van der Waals surface area (Å²) in [5.41, 5.74) is 1.13. The van der Waals surface area contributed by atoms with Crippen LogP contribution in [0.15, 0.2) is 24.3 Å². The van der Waals surface area contributed by atoms with Crippen LogP contribution in [-0.4, -0.2) is 68.8 Å². The molecule has 116 valence electrons. The highest BCUT2D eigenvalue weighted by Crippen LogP contribution is 2.12. The number of morpholine rings is 1. The molecule has 0 spiro atoms. The Bertz CT molecular complexity index is 459. The topological polar surface area (TPSA) is 42.0 Å². The van der Waals surface area contributed by atoms with Gasteiger partial charge < -0.3 is 14.4 Å². The quantitative estimate of drug-likeness (QED) is 0.789. The van der Waals surface area contributed by atoms with Crippen molar-refractivity contribution in [1.29, 1.82) is 0 Å². The average Bonchev–Trinajstić information content (AvgIpc) is 2.51. The summed E-state index contributed by atoms with van der Waals surface area (Å²) in [5.74, 6) is 0.745. The lowest BCUT2D eigenvalue weighted by molar-refractivity contribution is -0.132. The summed E-state index contributed by atoms with van der Waals surface area (Å²) < 4.78 is 10.8. The summed E-state index contributed by atoms with van der Waals surface area (Å²) in [6.07, 6.45) is 0. The Hall–Kier alpha value is -1.59. The molecule has 0 unspecified atom stereocenters. The van der Waals surface area contributed by atoms with E-state index in [0.717, 1.165) is 50.7 Å². The number of aryl methyl sites for hydroxylation is 1. The van der Waals surface area contributed by atoms with Crippen LogP contribution in [0.4, 0.5) is 0 Å². The first-order valence-corrected chi connectivity index (χ1v) is 7.38. The smallest absolute Gasteiger partial charge is 0.260 e. The third-order valence-electron chi connectivity index (χ3n) is 3.63. The predicted molar refractivity (Wildman–Crippen MR) is 81.6 cm³/mol. The Morgan fingerprint density at radius 2 is 2.14 bits per heavy atom. The second-order valence-corrected chi connectivity index (χ2v) is 5.37. The van der Waals surface area contributed by atoms with Crippen molar-refractivity contribution in [3.05, 3.63) is 29.8 Å². The molecule has 0 aromatic heterocycles. The van der Waals surface area contributed by atoms with Crippen molar-refractivity contribution in [2.75, 3.05) is 53.0 Å². The largest absolute Gasteiger partial charge is 0.484 e. The van der Waals surface area contributed by atoms with Gasteiger partial charge in [-0.15, -0.1) is 0 Å². The van der Waals surface area contributed by atoms with Crippen LogP contribution in [0.2, 0.25) is 0 Å². The highest BCUT2D eigenvalue weighted by Gasteiger charge is 2.14. The van der Waals surface area contributed by atoms with Crippen molar-refractivity contribution < 1.29 is 14.3 Å². The molecule has 1 saturated heterocycles. The average molecular weight is 292 g/mol. The lowest BCUT2D eigenvalue weighted by Gasteiger charge is -2.28. The number of likely N-dealkylation sites (N-methyl/N-ethyl adjacent to an activating group) is 1. The van der Waals surface area contributed by atoms with Crippen LogP contribution in [0.1, 0.15) is 5.56 Å². The first-order chi connectivity index (χ1) is 10.1. The van der Waals surface area contributed by atoms with Gasteiger partial charge in [-0.25, -0.2) is 0 Å². The number of rotatable bonds is 6. The van der Waals surface area contributed by atoms with E-state index >= 15 is 0 Å². The second-order valence-electron chi connectivity index (χ2n) is 5.37. The van der Waals surface area contributed by atoms with Crippen molar-refractivity contribution in [3.63, 3.8) is 0 Å². The summed E-state index contributed by atoms with van der Waals surface area (Å²) in [7, 11) is 1.82. The van der Waals surface area contributed by atoms with Crippen LogP contribution in [-0.2, 0) is 9.53 Å². The first kappa shape index (κ1) is 15.8. The molecule has 2 rings (SSSR count). The fourth-order valence-electron chi connectivity index (χ4n) is 2.20. The molecule has 1 aliphatic heterocycles. The molecule has 21 heavy (non-hydrogen) atoms. The molecule has 1 aliphatic rings. The SMILES string of the molecule is Cc1cccc(OCC(=O)N(C)CCN2CCOCC2)c1. The Balaban J connectivity index is 1.69. The highest BCUT2D eigenvalue weighted by atomic mass is 16.5. The monoisotopic (exact) mass is 292 g/mol. The number of hydrogen-bond donors (Lipinski definition) is 0. The van der Waals surface area contributed by atoms with Gasteiger partial charge in [0.25, 0.3) is 5.91 Å². The van der Waals surface area contributed by atoms with E-state index in [1.165, 1.54) is 0 Å². The number of ether oxygens (including phenoxy) is 2. The van der Waals surface area contributed by atoms with Gasteiger partial charge in [0.2, 0.25) is 0 Å². The summed E-state index contributed by atoms with van der Waals surface area (Å²) in [6.45, 7) is 7.16. The van der Waals surface area contributed by atoms with Gasteiger partial charge >= 0.3 is 0 Å². The zero-order valence-corrected chi connectivity index (χ0v) is 12.9. The van der Waals surface area contributed by atoms with E-state index in [2.05, 4.69) is 4.90 Å². The minimum absolute atomic E-state index is 0.00441. The fourth-order valence-corrected chi connectivity index (χ4v) is 2.20. The number of carbonyl (C=O) groups is 1. The molecule has 5 nitrogen and oxygen atoms in total. The normalized spacial score (nSPS) is 15.7. The Kier molecular flexibility index (Phi) is 6.02. The van der Waals surface area contributed by atoms with Crippen molar-refractivity contribution in [3.8, 4) is 5.75 Å². The van der Waals surface area contributed by atoms with Gasteiger partial charge in [-0.05, 0) is 24.6 Å². The fraction of sp³-hybridized carbons (Fsp3) is 0.562. The maximum Gasteiger partial charge on any atom is 0.260 e. The molecule has 0 radical (unpaired) electrons. The summed E-state index contributed by atoms with van der Waals surface area (Å²) in [5, 5.41) is 0. The van der Waals surface area contributed by atoms with Gasteiger partial charge in [-0.3, -0.25) is 9.69 Å². The zero-order chi connectivity index (χ0) is 15.1. The van der Waals surface area contributed by atoms with Gasteiger partial charge in [-0.2, -0.15) is 0 Å². The molecule has 1 heterocycles. The van der Waals surface area contributed by atoms with Gasteiger partial charge in [0, 0.05) is 33.2 Å². The van der Waals surface area contributed by atoms with E-state index in [0.29, 0.717) is 0 Å². The van der Waals surface area contributed by atoms with Gasteiger partial charge in [0.1, 0.15) is 5.75 Å². The number of carbonyl (C=O) groups excluding carboxylic acids is 1. The Morgan fingerprint density at radius 3 is 2.86 bits per heavy atom. The Labute approximate surface area is 126 Å². The van der Waals surface area contributed by atoms with Gasteiger partial charge in [-0.1, -0.05) is 12.1 Å². The van der Waals surface area contributed by atoms with Crippen molar-refractivity contribution in [2.24, 2.45) is 0 Å². The molecule has 0 N–H and O–H groups in total. The van der Waals surface area contributed by atoms with Crippen LogP contribution in [0.25, 0.3) is 0 Å². The maximum absolute atomic E-state index is 12.0. The van der Waals surface area contributed by atoms with E-state index in [-0.39, 0.29) is 12.5 Å². The number of hydrogen-bond acceptors (Lipinski definition) is 4. The van der Waals surface area contributed by atoms with Gasteiger partial charge in [0.15, 0.2) is 6.61 Å². The number of amides is 1. The van der Waals surface area contributed by atoms with Crippen LogP contribution in [0.5, 0.6) is 5.75 Å². The molecule has 1 aromatic rings. The molecular weight excluding hydrogens is 268 g/mol. The lowest BCUT2D eigenvalue weighted by atomic mass is 10.2. The lowest BCUT2D eigenvalue weighted by Crippen LogP contribution is -2.42. The van der Waals surface area contributed by atoms with Crippen molar-refractivity contribution in [1.82, 2.24) is 9.80 Å². The van der Waals surface area contributed by atoms with E-state index < -0.39 is 0 Å². The van der Waals surface area contributed by atoms with Crippen molar-refractivity contribution >= 4 is 5.91 Å². The maximum atomic E-state index is 12.0. The highest BCUT2D eigenvalue weighted by molar-refractivity contribution is 5.77. The third-order valence-corrected chi connectivity index (χ3v) is 3.63. The summed E-state index contributed by atoms with van der Waals surface area (Å²) in [6, 6.07) is 7.73. The minimum Gasteiger partial charge on any atom is -0.484 e. The Morgan fingerprint density at radius 1 is 1.38 bits per heavy atom. The van der Waals surface area contributed by atoms with E-state index in [4.69, 9.17) is 9.47 Å².